The van der Waals surface area contributed by atoms with Crippen molar-refractivity contribution in [3.8, 4) is 0 Å². The van der Waals surface area contributed by atoms with E-state index in [0.29, 0.717) is 4.47 Å². The van der Waals surface area contributed by atoms with Crippen LogP contribution in [-0.2, 0) is 10.0 Å². The summed E-state index contributed by atoms with van der Waals surface area (Å²) in [7, 11) is -4.04. The van der Waals surface area contributed by atoms with Crippen LogP contribution in [0.15, 0.2) is 76.1 Å². The number of nitrogens with one attached hydrogen (secondary N) is 2. The molecule has 0 aliphatic rings. The molecule has 0 radical (unpaired) electrons. The van der Waals surface area contributed by atoms with E-state index in [1.165, 1.54) is 42.5 Å². The van der Waals surface area contributed by atoms with Gasteiger partial charge in [0.05, 0.1) is 16.1 Å². The van der Waals surface area contributed by atoms with E-state index in [9.17, 15) is 27.5 Å². The molecule has 0 saturated heterocycles. The molecule has 0 bridgehead atoms. The topological polar surface area (TPSA) is 113 Å². The van der Waals surface area contributed by atoms with Crippen LogP contribution >= 0.6 is 15.9 Å². The highest BCUT2D eigenvalue weighted by atomic mass is 79.9. The third-order valence-electron chi connectivity index (χ3n) is 3.96. The maximum absolute atomic E-state index is 13.0. The van der Waals surface area contributed by atoms with Crippen LogP contribution in [0.4, 0.5) is 15.8 Å². The Morgan fingerprint density at radius 1 is 0.967 bits per heavy atom. The van der Waals surface area contributed by atoms with Gasteiger partial charge in [-0.3, -0.25) is 9.52 Å². The van der Waals surface area contributed by atoms with Gasteiger partial charge < -0.3 is 10.4 Å². The Morgan fingerprint density at radius 3 is 2.33 bits per heavy atom. The number of benzene rings is 3. The molecule has 0 aliphatic heterocycles. The van der Waals surface area contributed by atoms with Crippen LogP contribution in [-0.4, -0.2) is 25.4 Å². The second kappa shape index (κ2) is 8.64. The van der Waals surface area contributed by atoms with Crippen molar-refractivity contribution in [1.29, 1.82) is 0 Å². The Bertz CT molecular complexity index is 1230. The minimum atomic E-state index is -4.04. The summed E-state index contributed by atoms with van der Waals surface area (Å²) in [4.78, 5) is 23.8. The van der Waals surface area contributed by atoms with E-state index in [-0.39, 0.29) is 27.4 Å². The molecule has 0 unspecified atom stereocenters. The first-order valence-electron chi connectivity index (χ1n) is 8.38. The number of hydrogen-bond acceptors (Lipinski definition) is 4. The predicted molar refractivity (Wildman–Crippen MR) is 113 cm³/mol. The van der Waals surface area contributed by atoms with Crippen molar-refractivity contribution in [2.75, 3.05) is 10.0 Å². The number of sulfonamides is 1. The van der Waals surface area contributed by atoms with Gasteiger partial charge >= 0.3 is 5.97 Å². The minimum Gasteiger partial charge on any atom is -0.478 e. The van der Waals surface area contributed by atoms with Crippen molar-refractivity contribution in [2.45, 2.75) is 4.90 Å². The van der Waals surface area contributed by atoms with Gasteiger partial charge in [0.2, 0.25) is 0 Å². The van der Waals surface area contributed by atoms with E-state index >= 15 is 0 Å². The quantitative estimate of drug-likeness (QED) is 0.473. The van der Waals surface area contributed by atoms with Gasteiger partial charge in [-0.25, -0.2) is 17.6 Å². The first-order chi connectivity index (χ1) is 14.2. The lowest BCUT2D eigenvalue weighted by molar-refractivity contribution is 0.0698. The van der Waals surface area contributed by atoms with Crippen LogP contribution < -0.4 is 10.0 Å². The number of anilines is 2. The third kappa shape index (κ3) is 5.02. The minimum absolute atomic E-state index is 0.0104. The zero-order chi connectivity index (χ0) is 21.9. The summed E-state index contributed by atoms with van der Waals surface area (Å²) in [5.41, 5.74) is 0.108. The van der Waals surface area contributed by atoms with Gasteiger partial charge in [-0.1, -0.05) is 22.0 Å². The molecule has 0 fully saturated rings. The Kier molecular flexibility index (Phi) is 6.18. The smallest absolute Gasteiger partial charge is 0.337 e. The molecule has 3 N–H and O–H groups in total. The van der Waals surface area contributed by atoms with Gasteiger partial charge in [0, 0.05) is 15.7 Å². The van der Waals surface area contributed by atoms with Crippen LogP contribution in [0.1, 0.15) is 20.7 Å². The summed E-state index contributed by atoms with van der Waals surface area (Å²) >= 11 is 3.17. The fourth-order valence-corrected chi connectivity index (χ4v) is 4.00. The van der Waals surface area contributed by atoms with Gasteiger partial charge in [-0.15, -0.1) is 0 Å². The van der Waals surface area contributed by atoms with E-state index in [2.05, 4.69) is 26.0 Å². The van der Waals surface area contributed by atoms with Gasteiger partial charge in [0.1, 0.15) is 5.82 Å². The average Bonchev–Trinajstić information content (AvgIpc) is 2.71. The zero-order valence-corrected chi connectivity index (χ0v) is 17.5. The second-order valence-corrected chi connectivity index (χ2v) is 8.69. The molecule has 0 saturated carbocycles. The number of carboxylic acid groups (broad SMARTS) is 1. The van der Waals surface area contributed by atoms with E-state index in [1.807, 2.05) is 0 Å². The van der Waals surface area contributed by atoms with Gasteiger partial charge in [0.25, 0.3) is 15.9 Å². The Morgan fingerprint density at radius 2 is 1.67 bits per heavy atom. The van der Waals surface area contributed by atoms with Crippen LogP contribution in [0.3, 0.4) is 0 Å². The number of aromatic carboxylic acids is 1. The van der Waals surface area contributed by atoms with Gasteiger partial charge in [-0.2, -0.15) is 0 Å². The number of halogens is 2. The molecule has 1 amide bonds. The Hall–Kier alpha value is -3.24. The van der Waals surface area contributed by atoms with Crippen molar-refractivity contribution in [3.05, 3.63) is 88.1 Å². The van der Waals surface area contributed by atoms with Crippen molar-refractivity contribution < 1.29 is 27.5 Å². The summed E-state index contributed by atoms with van der Waals surface area (Å²) in [5, 5.41) is 11.8. The molecule has 10 heteroatoms. The number of carboxylic acids is 1. The molecule has 3 aromatic carbocycles. The molecular weight excluding hydrogens is 479 g/mol. The molecule has 154 valence electrons. The molecule has 3 rings (SSSR count). The molecule has 0 heterocycles. The maximum Gasteiger partial charge on any atom is 0.337 e. The van der Waals surface area contributed by atoms with Crippen molar-refractivity contribution in [1.82, 2.24) is 0 Å². The summed E-state index contributed by atoms with van der Waals surface area (Å²) in [6.45, 7) is 0. The molecule has 0 aromatic heterocycles. The highest BCUT2D eigenvalue weighted by Crippen LogP contribution is 2.23. The predicted octanol–water partition coefficient (Wildman–Crippen LogP) is 4.34. The lowest BCUT2D eigenvalue weighted by Crippen LogP contribution is -2.17. The van der Waals surface area contributed by atoms with Crippen LogP contribution in [0.5, 0.6) is 0 Å². The van der Waals surface area contributed by atoms with Crippen LogP contribution in [0.2, 0.25) is 0 Å². The van der Waals surface area contributed by atoms with Crippen molar-refractivity contribution >= 4 is 49.2 Å². The molecule has 0 atom stereocenters. The Balaban J connectivity index is 1.85. The fraction of sp³-hybridized carbons (Fsp3) is 0. The fourth-order valence-electron chi connectivity index (χ4n) is 2.53. The highest BCUT2D eigenvalue weighted by molar-refractivity contribution is 9.10. The molecule has 0 spiro atoms. The molecule has 3 aromatic rings. The average molecular weight is 493 g/mol. The zero-order valence-electron chi connectivity index (χ0n) is 15.1. The van der Waals surface area contributed by atoms with Crippen molar-refractivity contribution in [3.63, 3.8) is 0 Å². The summed E-state index contributed by atoms with van der Waals surface area (Å²) < 4.78 is 41.0. The molecular formula is C20H14BrFN2O5S. The summed E-state index contributed by atoms with van der Waals surface area (Å²) in [6.07, 6.45) is 0. The number of carbonyl (C=O) groups is 2. The van der Waals surface area contributed by atoms with Crippen molar-refractivity contribution in [2.24, 2.45) is 0 Å². The van der Waals surface area contributed by atoms with E-state index < -0.39 is 27.7 Å². The molecule has 7 nitrogen and oxygen atoms in total. The van der Waals surface area contributed by atoms with Crippen LogP contribution in [0.25, 0.3) is 0 Å². The van der Waals surface area contributed by atoms with E-state index in [1.54, 1.807) is 6.07 Å². The number of hydrogen-bond donors (Lipinski definition) is 3. The summed E-state index contributed by atoms with van der Waals surface area (Å²) in [6, 6.07) is 14.3. The largest absolute Gasteiger partial charge is 0.478 e. The number of rotatable bonds is 6. The first kappa shape index (κ1) is 21.5. The Labute approximate surface area is 179 Å². The third-order valence-corrected chi connectivity index (χ3v) is 5.84. The van der Waals surface area contributed by atoms with Gasteiger partial charge in [0.15, 0.2) is 0 Å². The monoisotopic (exact) mass is 492 g/mol. The lowest BCUT2D eigenvalue weighted by Gasteiger charge is -2.11. The van der Waals surface area contributed by atoms with E-state index in [4.69, 9.17) is 0 Å². The molecule has 30 heavy (non-hydrogen) atoms. The normalized spacial score (nSPS) is 11.0. The standard InChI is InChI=1S/C20H14BrFN2O5S/c21-13-4-9-18(17(11-13)20(26)27)23-19(25)12-2-1-3-16(10-12)30(28,29)24-15-7-5-14(22)6-8-15/h1-11,24H,(H,23,25)(H,26,27). The second-order valence-electron chi connectivity index (χ2n) is 6.09. The number of carbonyl (C=O) groups excluding carboxylic acids is 1. The van der Waals surface area contributed by atoms with Crippen LogP contribution in [0, 0.1) is 5.82 Å². The lowest BCUT2D eigenvalue weighted by atomic mass is 10.1. The maximum atomic E-state index is 13.0. The molecule has 0 aliphatic carbocycles. The van der Waals surface area contributed by atoms with Gasteiger partial charge in [-0.05, 0) is 60.7 Å². The highest BCUT2D eigenvalue weighted by Gasteiger charge is 2.18. The summed E-state index contributed by atoms with van der Waals surface area (Å²) in [5.74, 6) is -2.42. The first-order valence-corrected chi connectivity index (χ1v) is 10.7. The van der Waals surface area contributed by atoms with E-state index in [0.717, 1.165) is 18.2 Å². The SMILES string of the molecule is O=C(Nc1ccc(Br)cc1C(=O)O)c1cccc(S(=O)(=O)Nc2ccc(F)cc2)c1. The number of amides is 1.